The third kappa shape index (κ3) is 3.65. The Kier molecular flexibility index (Phi) is 5.39. The highest BCUT2D eigenvalue weighted by molar-refractivity contribution is 7.12. The Labute approximate surface area is 140 Å². The molecule has 0 spiro atoms. The molecule has 1 aromatic heterocycles. The lowest BCUT2D eigenvalue weighted by Gasteiger charge is -2.38. The van der Waals surface area contributed by atoms with Gasteiger partial charge in [0.05, 0.1) is 5.02 Å². The molecule has 0 aromatic carbocycles. The van der Waals surface area contributed by atoms with E-state index >= 15 is 0 Å². The molecule has 0 aliphatic carbocycles. The van der Waals surface area contributed by atoms with Gasteiger partial charge >= 0.3 is 0 Å². The number of piperidine rings is 1. The van der Waals surface area contributed by atoms with E-state index in [9.17, 15) is 9.90 Å². The Hall–Kier alpha value is -0.620. The molecular formula is C16H23ClN2O2S. The molecule has 0 saturated carbocycles. The molecule has 0 radical (unpaired) electrons. The zero-order chi connectivity index (χ0) is 15.5. The Morgan fingerprint density at radius 2 is 2.05 bits per heavy atom. The van der Waals surface area contributed by atoms with Crippen LogP contribution >= 0.6 is 22.9 Å². The summed E-state index contributed by atoms with van der Waals surface area (Å²) in [6, 6.07) is 1.77. The van der Waals surface area contributed by atoms with Crippen LogP contribution in [0.5, 0.6) is 0 Å². The first-order valence-corrected chi connectivity index (χ1v) is 9.28. The van der Waals surface area contributed by atoms with Crippen LogP contribution in [0.2, 0.25) is 5.02 Å². The van der Waals surface area contributed by atoms with Gasteiger partial charge in [-0.15, -0.1) is 11.3 Å². The third-order valence-electron chi connectivity index (χ3n) is 4.70. The van der Waals surface area contributed by atoms with Gasteiger partial charge in [0.25, 0.3) is 5.91 Å². The number of hydrogen-bond acceptors (Lipinski definition) is 4. The van der Waals surface area contributed by atoms with Crippen molar-refractivity contribution < 1.29 is 9.90 Å². The number of halogens is 1. The Morgan fingerprint density at radius 1 is 1.32 bits per heavy atom. The smallest absolute Gasteiger partial charge is 0.265 e. The molecule has 1 amide bonds. The number of amides is 1. The summed E-state index contributed by atoms with van der Waals surface area (Å²) in [5.74, 6) is 0.653. The zero-order valence-electron chi connectivity index (χ0n) is 12.7. The van der Waals surface area contributed by atoms with Crippen LogP contribution in [0.15, 0.2) is 11.4 Å². The van der Waals surface area contributed by atoms with Crippen molar-refractivity contribution in [1.82, 2.24) is 9.80 Å². The predicted octanol–water partition coefficient (Wildman–Crippen LogP) is 2.57. The molecule has 0 unspecified atom stereocenters. The lowest BCUT2D eigenvalue weighted by Crippen LogP contribution is -2.47. The molecule has 1 aromatic rings. The minimum Gasteiger partial charge on any atom is -0.396 e. The van der Waals surface area contributed by atoms with Crippen LogP contribution < -0.4 is 0 Å². The first-order chi connectivity index (χ1) is 10.7. The van der Waals surface area contributed by atoms with E-state index in [4.69, 9.17) is 11.6 Å². The SMILES string of the molecule is O=C(c1sccc1Cl)N1C[C@H](CO)C[C@@H](CN2CCCC2)C1. The summed E-state index contributed by atoms with van der Waals surface area (Å²) in [5.41, 5.74) is 0. The lowest BCUT2D eigenvalue weighted by atomic mass is 9.89. The minimum absolute atomic E-state index is 0.0181. The maximum atomic E-state index is 12.7. The molecule has 2 atom stereocenters. The first kappa shape index (κ1) is 16.2. The summed E-state index contributed by atoms with van der Waals surface area (Å²) in [4.78, 5) is 17.7. The number of thiophene rings is 1. The van der Waals surface area contributed by atoms with Crippen molar-refractivity contribution in [2.75, 3.05) is 39.3 Å². The van der Waals surface area contributed by atoms with Gasteiger partial charge in [-0.2, -0.15) is 0 Å². The fraction of sp³-hybridized carbons (Fsp3) is 0.688. The fourth-order valence-corrected chi connectivity index (χ4v) is 4.77. The number of rotatable bonds is 4. The molecule has 4 nitrogen and oxygen atoms in total. The maximum Gasteiger partial charge on any atom is 0.265 e. The molecule has 1 N–H and O–H groups in total. The van der Waals surface area contributed by atoms with E-state index < -0.39 is 0 Å². The van der Waals surface area contributed by atoms with E-state index in [-0.39, 0.29) is 18.4 Å². The average molecular weight is 343 g/mol. The van der Waals surface area contributed by atoms with E-state index in [0.717, 1.165) is 19.5 Å². The van der Waals surface area contributed by atoms with E-state index in [1.54, 1.807) is 6.07 Å². The number of likely N-dealkylation sites (tertiary alicyclic amines) is 2. The molecule has 122 valence electrons. The number of nitrogens with zero attached hydrogens (tertiary/aromatic N) is 2. The molecule has 2 aliphatic rings. The van der Waals surface area contributed by atoms with Gasteiger partial charge in [-0.3, -0.25) is 4.79 Å². The van der Waals surface area contributed by atoms with Crippen LogP contribution in [0.25, 0.3) is 0 Å². The van der Waals surface area contributed by atoms with Crippen LogP contribution in [0.4, 0.5) is 0 Å². The third-order valence-corrected chi connectivity index (χ3v) is 6.03. The lowest BCUT2D eigenvalue weighted by molar-refractivity contribution is 0.0470. The molecule has 22 heavy (non-hydrogen) atoms. The Bertz CT molecular complexity index is 516. The average Bonchev–Trinajstić information content (AvgIpc) is 3.17. The van der Waals surface area contributed by atoms with Gasteiger partial charge in [-0.05, 0) is 55.6 Å². The fourth-order valence-electron chi connectivity index (χ4n) is 3.67. The predicted molar refractivity (Wildman–Crippen MR) is 89.6 cm³/mol. The number of carbonyl (C=O) groups excluding carboxylic acids is 1. The Balaban J connectivity index is 1.67. The van der Waals surface area contributed by atoms with E-state index in [1.807, 2.05) is 10.3 Å². The quantitative estimate of drug-likeness (QED) is 0.914. The van der Waals surface area contributed by atoms with Crippen LogP contribution in [-0.2, 0) is 0 Å². The monoisotopic (exact) mass is 342 g/mol. The van der Waals surface area contributed by atoms with Crippen molar-refractivity contribution in [3.05, 3.63) is 21.3 Å². The van der Waals surface area contributed by atoms with Crippen molar-refractivity contribution in [1.29, 1.82) is 0 Å². The van der Waals surface area contributed by atoms with Crippen molar-refractivity contribution in [3.63, 3.8) is 0 Å². The summed E-state index contributed by atoms with van der Waals surface area (Å²) in [7, 11) is 0. The second-order valence-electron chi connectivity index (χ2n) is 6.47. The van der Waals surface area contributed by atoms with E-state index in [2.05, 4.69) is 4.90 Å². The van der Waals surface area contributed by atoms with Gasteiger partial charge in [0.15, 0.2) is 0 Å². The van der Waals surface area contributed by atoms with Crippen LogP contribution in [0.3, 0.4) is 0 Å². The van der Waals surface area contributed by atoms with Crippen LogP contribution in [0.1, 0.15) is 28.9 Å². The molecular weight excluding hydrogens is 320 g/mol. The molecule has 6 heteroatoms. The highest BCUT2D eigenvalue weighted by Gasteiger charge is 2.32. The second-order valence-corrected chi connectivity index (χ2v) is 7.79. The normalized spacial score (nSPS) is 26.5. The maximum absolute atomic E-state index is 12.7. The summed E-state index contributed by atoms with van der Waals surface area (Å²) in [6.45, 7) is 4.95. The van der Waals surface area contributed by atoms with E-state index in [0.29, 0.717) is 22.4 Å². The second kappa shape index (κ2) is 7.30. The van der Waals surface area contributed by atoms with Crippen LogP contribution in [-0.4, -0.2) is 60.1 Å². The highest BCUT2D eigenvalue weighted by Crippen LogP contribution is 2.29. The van der Waals surface area contributed by atoms with Crippen molar-refractivity contribution in [2.45, 2.75) is 19.3 Å². The van der Waals surface area contributed by atoms with Gasteiger partial charge < -0.3 is 14.9 Å². The van der Waals surface area contributed by atoms with Gasteiger partial charge in [0.1, 0.15) is 4.88 Å². The molecule has 0 bridgehead atoms. The van der Waals surface area contributed by atoms with Gasteiger partial charge in [0.2, 0.25) is 0 Å². The number of aliphatic hydroxyl groups is 1. The molecule has 2 fully saturated rings. The molecule has 3 rings (SSSR count). The number of carbonyl (C=O) groups is 1. The van der Waals surface area contributed by atoms with Crippen molar-refractivity contribution >= 4 is 28.8 Å². The summed E-state index contributed by atoms with van der Waals surface area (Å²) in [5, 5.41) is 12.0. The van der Waals surface area contributed by atoms with Crippen molar-refractivity contribution in [3.8, 4) is 0 Å². The number of aliphatic hydroxyl groups excluding tert-OH is 1. The van der Waals surface area contributed by atoms with Crippen molar-refractivity contribution in [2.24, 2.45) is 11.8 Å². The van der Waals surface area contributed by atoms with Gasteiger partial charge in [0, 0.05) is 26.2 Å². The van der Waals surface area contributed by atoms with Crippen LogP contribution in [0, 0.1) is 11.8 Å². The summed E-state index contributed by atoms with van der Waals surface area (Å²) < 4.78 is 0. The minimum atomic E-state index is 0.0181. The topological polar surface area (TPSA) is 43.8 Å². The zero-order valence-corrected chi connectivity index (χ0v) is 14.3. The number of hydrogen-bond donors (Lipinski definition) is 1. The standard InChI is InChI=1S/C16H23ClN2O2S/c17-14-3-6-22-15(14)16(21)19-9-12(7-13(10-19)11-20)8-18-4-1-2-5-18/h3,6,12-13,20H,1-2,4-5,7-11H2/t12-,13+/m0/s1. The summed E-state index contributed by atoms with van der Waals surface area (Å²) >= 11 is 7.50. The highest BCUT2D eigenvalue weighted by atomic mass is 35.5. The van der Waals surface area contributed by atoms with Gasteiger partial charge in [-0.25, -0.2) is 0 Å². The molecule has 3 heterocycles. The first-order valence-electron chi connectivity index (χ1n) is 8.03. The Morgan fingerprint density at radius 3 is 2.68 bits per heavy atom. The summed E-state index contributed by atoms with van der Waals surface area (Å²) in [6.07, 6.45) is 3.57. The molecule has 2 aliphatic heterocycles. The van der Waals surface area contributed by atoms with E-state index in [1.165, 1.54) is 37.3 Å². The largest absolute Gasteiger partial charge is 0.396 e. The molecule has 2 saturated heterocycles. The van der Waals surface area contributed by atoms with Gasteiger partial charge in [-0.1, -0.05) is 11.6 Å².